The summed E-state index contributed by atoms with van der Waals surface area (Å²) in [4.78, 5) is 12.1. The summed E-state index contributed by atoms with van der Waals surface area (Å²) in [6.07, 6.45) is 0. The fourth-order valence-electron chi connectivity index (χ4n) is 2.15. The summed E-state index contributed by atoms with van der Waals surface area (Å²) in [5, 5.41) is 14.4. The molecule has 120 valence electrons. The number of carbonyl (C=O) groups is 1. The van der Waals surface area contributed by atoms with Crippen LogP contribution in [0, 0.1) is 6.92 Å². The van der Waals surface area contributed by atoms with Crippen LogP contribution in [0.4, 0.5) is 17.3 Å². The molecular weight excluding hydrogens is 324 g/mol. The number of aromatic nitrogens is 2. The molecule has 5 nitrogen and oxygen atoms in total. The Morgan fingerprint density at radius 2 is 1.71 bits per heavy atom. The lowest BCUT2D eigenvalue weighted by molar-refractivity contribution is 0.102. The van der Waals surface area contributed by atoms with Crippen LogP contribution in [0.15, 0.2) is 60.7 Å². The van der Waals surface area contributed by atoms with Crippen LogP contribution in [0.2, 0.25) is 5.02 Å². The lowest BCUT2D eigenvalue weighted by atomic mass is 10.2. The van der Waals surface area contributed by atoms with E-state index in [4.69, 9.17) is 11.6 Å². The number of carbonyl (C=O) groups excluding carboxylic acids is 1. The summed E-state index contributed by atoms with van der Waals surface area (Å²) in [6.45, 7) is 2.02. The average Bonchev–Trinajstić information content (AvgIpc) is 2.57. The minimum Gasteiger partial charge on any atom is -0.339 e. The van der Waals surface area contributed by atoms with E-state index >= 15 is 0 Å². The van der Waals surface area contributed by atoms with Crippen molar-refractivity contribution >= 4 is 34.8 Å². The standard InChI is InChI=1S/C18H15ClN4O/c1-12-4-2-7-15(10-12)20-16-8-9-17(23-22-16)21-18(24)13-5-3-6-14(19)11-13/h2-11H,1H3,(H,20,22)(H,21,23,24). The van der Waals surface area contributed by atoms with E-state index < -0.39 is 0 Å². The molecule has 0 spiro atoms. The maximum Gasteiger partial charge on any atom is 0.256 e. The molecule has 0 radical (unpaired) electrons. The van der Waals surface area contributed by atoms with E-state index in [2.05, 4.69) is 20.8 Å². The zero-order valence-corrected chi connectivity index (χ0v) is 13.7. The Morgan fingerprint density at radius 1 is 0.958 bits per heavy atom. The van der Waals surface area contributed by atoms with Crippen molar-refractivity contribution in [2.24, 2.45) is 0 Å². The first kappa shape index (κ1) is 16.0. The summed E-state index contributed by atoms with van der Waals surface area (Å²) < 4.78 is 0. The van der Waals surface area contributed by atoms with Crippen LogP contribution in [-0.4, -0.2) is 16.1 Å². The summed E-state index contributed by atoms with van der Waals surface area (Å²) in [7, 11) is 0. The molecule has 2 aromatic carbocycles. The Balaban J connectivity index is 1.67. The van der Waals surface area contributed by atoms with E-state index in [1.54, 1.807) is 36.4 Å². The van der Waals surface area contributed by atoms with E-state index in [1.165, 1.54) is 0 Å². The topological polar surface area (TPSA) is 66.9 Å². The number of amides is 1. The monoisotopic (exact) mass is 338 g/mol. The number of aryl methyl sites for hydroxylation is 1. The van der Waals surface area contributed by atoms with Gasteiger partial charge < -0.3 is 10.6 Å². The Bertz CT molecular complexity index is 865. The van der Waals surface area contributed by atoms with Gasteiger partial charge in [-0.15, -0.1) is 10.2 Å². The molecule has 0 unspecified atom stereocenters. The van der Waals surface area contributed by atoms with Crippen molar-refractivity contribution in [1.29, 1.82) is 0 Å². The fraction of sp³-hybridized carbons (Fsp3) is 0.0556. The highest BCUT2D eigenvalue weighted by atomic mass is 35.5. The Labute approximate surface area is 144 Å². The molecule has 1 heterocycles. The van der Waals surface area contributed by atoms with E-state index in [9.17, 15) is 4.79 Å². The van der Waals surface area contributed by atoms with Gasteiger partial charge in [0.25, 0.3) is 5.91 Å². The van der Waals surface area contributed by atoms with Crippen molar-refractivity contribution in [3.63, 3.8) is 0 Å². The van der Waals surface area contributed by atoms with Gasteiger partial charge in [-0.05, 0) is 55.0 Å². The minimum absolute atomic E-state index is 0.286. The first-order valence-corrected chi connectivity index (χ1v) is 7.72. The van der Waals surface area contributed by atoms with Crippen LogP contribution in [0.25, 0.3) is 0 Å². The van der Waals surface area contributed by atoms with Gasteiger partial charge in [-0.3, -0.25) is 4.79 Å². The molecule has 3 rings (SSSR count). The van der Waals surface area contributed by atoms with Gasteiger partial charge in [-0.25, -0.2) is 0 Å². The van der Waals surface area contributed by atoms with E-state index in [-0.39, 0.29) is 5.91 Å². The minimum atomic E-state index is -0.286. The van der Waals surface area contributed by atoms with Gasteiger partial charge >= 0.3 is 0 Å². The van der Waals surface area contributed by atoms with Crippen molar-refractivity contribution < 1.29 is 4.79 Å². The molecule has 0 fully saturated rings. The lowest BCUT2D eigenvalue weighted by Gasteiger charge is -2.07. The third kappa shape index (κ3) is 4.08. The number of rotatable bonds is 4. The largest absolute Gasteiger partial charge is 0.339 e. The van der Waals surface area contributed by atoms with Crippen molar-refractivity contribution in [3.8, 4) is 0 Å². The highest BCUT2D eigenvalue weighted by molar-refractivity contribution is 6.31. The maximum atomic E-state index is 12.1. The molecule has 0 bridgehead atoms. The summed E-state index contributed by atoms with van der Waals surface area (Å²) in [6, 6.07) is 18.1. The quantitative estimate of drug-likeness (QED) is 0.738. The molecule has 0 atom stereocenters. The molecule has 0 aliphatic rings. The Kier molecular flexibility index (Phi) is 4.72. The fourth-order valence-corrected chi connectivity index (χ4v) is 2.34. The van der Waals surface area contributed by atoms with Gasteiger partial charge in [-0.1, -0.05) is 29.8 Å². The third-order valence-electron chi connectivity index (χ3n) is 3.28. The zero-order chi connectivity index (χ0) is 16.9. The van der Waals surface area contributed by atoms with Gasteiger partial charge in [-0.2, -0.15) is 0 Å². The maximum absolute atomic E-state index is 12.1. The number of halogens is 1. The van der Waals surface area contributed by atoms with Crippen LogP contribution < -0.4 is 10.6 Å². The SMILES string of the molecule is Cc1cccc(Nc2ccc(NC(=O)c3cccc(Cl)c3)nn2)c1. The first-order chi connectivity index (χ1) is 11.6. The van der Waals surface area contributed by atoms with E-state index in [1.807, 2.05) is 31.2 Å². The lowest BCUT2D eigenvalue weighted by Crippen LogP contribution is -2.13. The Morgan fingerprint density at radius 3 is 2.42 bits per heavy atom. The van der Waals surface area contributed by atoms with E-state index in [0.717, 1.165) is 11.3 Å². The highest BCUT2D eigenvalue weighted by Gasteiger charge is 2.08. The molecule has 0 aliphatic heterocycles. The highest BCUT2D eigenvalue weighted by Crippen LogP contribution is 2.17. The zero-order valence-electron chi connectivity index (χ0n) is 13.0. The molecule has 24 heavy (non-hydrogen) atoms. The molecule has 0 saturated carbocycles. The van der Waals surface area contributed by atoms with Crippen molar-refractivity contribution in [2.75, 3.05) is 10.6 Å². The molecule has 3 aromatic rings. The number of benzene rings is 2. The number of anilines is 3. The van der Waals surface area contributed by atoms with Gasteiger partial charge in [0.1, 0.15) is 0 Å². The molecule has 0 saturated heterocycles. The smallest absolute Gasteiger partial charge is 0.256 e. The second kappa shape index (κ2) is 7.10. The van der Waals surface area contributed by atoms with Gasteiger partial charge in [0, 0.05) is 16.3 Å². The van der Waals surface area contributed by atoms with Crippen molar-refractivity contribution in [2.45, 2.75) is 6.92 Å². The second-order valence-corrected chi connectivity index (χ2v) is 5.70. The molecular formula is C18H15ClN4O. The van der Waals surface area contributed by atoms with Crippen LogP contribution in [0.5, 0.6) is 0 Å². The molecule has 6 heteroatoms. The first-order valence-electron chi connectivity index (χ1n) is 7.34. The number of nitrogens with one attached hydrogen (secondary N) is 2. The normalized spacial score (nSPS) is 10.2. The summed E-state index contributed by atoms with van der Waals surface area (Å²) in [5.74, 6) is 0.683. The number of hydrogen-bond acceptors (Lipinski definition) is 4. The molecule has 1 amide bonds. The van der Waals surface area contributed by atoms with Crippen LogP contribution in [0.1, 0.15) is 15.9 Å². The van der Waals surface area contributed by atoms with Crippen molar-refractivity contribution in [3.05, 3.63) is 76.8 Å². The van der Waals surface area contributed by atoms with Crippen molar-refractivity contribution in [1.82, 2.24) is 10.2 Å². The molecule has 0 aliphatic carbocycles. The molecule has 1 aromatic heterocycles. The van der Waals surface area contributed by atoms with Crippen LogP contribution in [-0.2, 0) is 0 Å². The third-order valence-corrected chi connectivity index (χ3v) is 3.52. The van der Waals surface area contributed by atoms with Gasteiger partial charge in [0.15, 0.2) is 11.6 Å². The number of hydrogen-bond donors (Lipinski definition) is 2. The predicted molar refractivity (Wildman–Crippen MR) is 95.9 cm³/mol. The van der Waals surface area contributed by atoms with Gasteiger partial charge in [0.05, 0.1) is 0 Å². The summed E-state index contributed by atoms with van der Waals surface area (Å²) in [5.41, 5.74) is 2.55. The van der Waals surface area contributed by atoms with Gasteiger partial charge in [0.2, 0.25) is 0 Å². The Hall–Kier alpha value is -2.92. The van der Waals surface area contributed by atoms with E-state index in [0.29, 0.717) is 22.2 Å². The number of nitrogens with zero attached hydrogens (tertiary/aromatic N) is 2. The van der Waals surface area contributed by atoms with Crippen LogP contribution >= 0.6 is 11.6 Å². The average molecular weight is 339 g/mol. The predicted octanol–water partition coefficient (Wildman–Crippen LogP) is 4.43. The van der Waals surface area contributed by atoms with Crippen LogP contribution in [0.3, 0.4) is 0 Å². The summed E-state index contributed by atoms with van der Waals surface area (Å²) >= 11 is 5.88. The molecule has 2 N–H and O–H groups in total. The second-order valence-electron chi connectivity index (χ2n) is 5.26.